The maximum Gasteiger partial charge on any atom is 0.252 e. The van der Waals surface area contributed by atoms with Crippen molar-refractivity contribution in [1.82, 2.24) is 0 Å². The van der Waals surface area contributed by atoms with E-state index < -0.39 is 0 Å². The summed E-state index contributed by atoms with van der Waals surface area (Å²) < 4.78 is 0. The summed E-state index contributed by atoms with van der Waals surface area (Å²) in [7, 11) is 0. The van der Waals surface area contributed by atoms with Crippen LogP contribution in [0.1, 0.15) is 147 Å². The smallest absolute Gasteiger partial charge is 0.252 e. The first-order chi connectivity index (χ1) is 37.9. The topological polar surface area (TPSA) is 9.72 Å². The number of nitrogens with zero attached hydrogens (tertiary/aromatic N) is 3. The summed E-state index contributed by atoms with van der Waals surface area (Å²) in [6, 6.07) is 70.9. The molecule has 3 nitrogen and oxygen atoms in total. The monoisotopic (exact) mass is 1040 g/mol. The normalized spacial score (nSPS) is 18.3. The highest BCUT2D eigenvalue weighted by atomic mass is 15.2. The minimum absolute atomic E-state index is 0.00156. The number of aryl methyl sites for hydroxylation is 1. The summed E-state index contributed by atoms with van der Waals surface area (Å²) in [6.45, 7) is 34.2. The maximum absolute atomic E-state index is 2.74. The fourth-order valence-corrected chi connectivity index (χ4v) is 15.9. The van der Waals surface area contributed by atoms with Gasteiger partial charge in [-0.3, -0.25) is 0 Å². The number of hydrogen-bond donors (Lipinski definition) is 0. The molecule has 0 radical (unpaired) electrons. The lowest BCUT2D eigenvalue weighted by atomic mass is 9.33. The predicted octanol–water partition coefficient (Wildman–Crippen LogP) is 18.7. The van der Waals surface area contributed by atoms with Crippen molar-refractivity contribution in [1.29, 1.82) is 0 Å². The maximum atomic E-state index is 2.74. The second-order valence-corrected chi connectivity index (χ2v) is 28.6. The van der Waals surface area contributed by atoms with Crippen LogP contribution in [0.15, 0.2) is 182 Å². The Morgan fingerprint density at radius 3 is 1.60 bits per heavy atom. The first-order valence-corrected chi connectivity index (χ1v) is 29.5. The van der Waals surface area contributed by atoms with Crippen LogP contribution in [0.5, 0.6) is 0 Å². The van der Waals surface area contributed by atoms with E-state index >= 15 is 0 Å². The second kappa shape index (κ2) is 17.0. The van der Waals surface area contributed by atoms with Crippen LogP contribution in [0.3, 0.4) is 0 Å². The molecule has 0 saturated heterocycles. The van der Waals surface area contributed by atoms with Gasteiger partial charge in [0.05, 0.1) is 11.4 Å². The lowest BCUT2D eigenvalue weighted by molar-refractivity contribution is 0.392. The van der Waals surface area contributed by atoms with E-state index in [1.807, 2.05) is 0 Å². The van der Waals surface area contributed by atoms with Gasteiger partial charge in [-0.15, -0.1) is 0 Å². The van der Waals surface area contributed by atoms with Gasteiger partial charge in [0.2, 0.25) is 0 Å². The van der Waals surface area contributed by atoms with Crippen LogP contribution in [0, 0.1) is 6.92 Å². The molecule has 4 bridgehead atoms. The molecular weight excluding hydrogens is 966 g/mol. The van der Waals surface area contributed by atoms with E-state index in [0.29, 0.717) is 0 Å². The van der Waals surface area contributed by atoms with Crippen LogP contribution >= 0.6 is 0 Å². The highest BCUT2D eigenvalue weighted by Crippen LogP contribution is 2.62. The number of benzene rings is 9. The summed E-state index contributed by atoms with van der Waals surface area (Å²) in [5.74, 6) is 0. The van der Waals surface area contributed by atoms with Crippen molar-refractivity contribution in [2.45, 2.75) is 142 Å². The average molecular weight is 1040 g/mol. The molecule has 0 amide bonds. The Morgan fingerprint density at radius 1 is 0.400 bits per heavy atom. The van der Waals surface area contributed by atoms with Gasteiger partial charge in [0.25, 0.3) is 6.71 Å². The minimum atomic E-state index is -0.245. The van der Waals surface area contributed by atoms with E-state index in [0.717, 1.165) is 29.9 Å². The number of hydrogen-bond acceptors (Lipinski definition) is 3. The van der Waals surface area contributed by atoms with Gasteiger partial charge in [-0.1, -0.05) is 199 Å². The molecule has 398 valence electrons. The molecular formula is C76H76BN3. The van der Waals surface area contributed by atoms with Crippen molar-refractivity contribution >= 4 is 74.3 Å². The van der Waals surface area contributed by atoms with Gasteiger partial charge in [0.1, 0.15) is 0 Å². The predicted molar refractivity (Wildman–Crippen MR) is 343 cm³/mol. The molecule has 0 saturated carbocycles. The molecule has 0 aromatic heterocycles. The van der Waals surface area contributed by atoms with Crippen LogP contribution in [0.2, 0.25) is 0 Å². The number of fused-ring (bicyclic) bond motifs is 12. The van der Waals surface area contributed by atoms with Gasteiger partial charge in [-0.25, -0.2) is 0 Å². The highest BCUT2D eigenvalue weighted by molar-refractivity contribution is 7.00. The Balaban J connectivity index is 1.18. The summed E-state index contributed by atoms with van der Waals surface area (Å²) in [4.78, 5) is 7.89. The Labute approximate surface area is 477 Å². The van der Waals surface area contributed by atoms with Crippen LogP contribution in [-0.2, 0) is 32.5 Å². The first kappa shape index (κ1) is 50.6. The zero-order valence-corrected chi connectivity index (χ0v) is 49.7. The van der Waals surface area contributed by atoms with Crippen LogP contribution < -0.4 is 31.1 Å². The second-order valence-electron chi connectivity index (χ2n) is 28.6. The van der Waals surface area contributed by atoms with E-state index in [1.54, 1.807) is 5.56 Å². The van der Waals surface area contributed by atoms with E-state index in [1.165, 1.54) is 112 Å². The largest absolute Gasteiger partial charge is 0.311 e. The third-order valence-electron chi connectivity index (χ3n) is 19.5. The molecule has 1 unspecified atom stereocenters. The van der Waals surface area contributed by atoms with Crippen LogP contribution in [0.25, 0.3) is 22.3 Å². The van der Waals surface area contributed by atoms with Gasteiger partial charge < -0.3 is 14.7 Å². The van der Waals surface area contributed by atoms with Crippen LogP contribution in [0.4, 0.5) is 51.2 Å². The average Bonchev–Trinajstić information content (AvgIpc) is 3.86. The van der Waals surface area contributed by atoms with Crippen LogP contribution in [-0.4, -0.2) is 6.71 Å². The SMILES string of the molecule is Cc1ccc(-c2ccccc2)cc1N1c2cc(C(C)(C)C)ccc2B2c3cc4c5cc3N(c3ccc(C(C)(C)C)cc3-c3cc6c(c(c3)C5(C)CC4(C)C)C(C)(C)CC6(C)C)c3cc(N(c4ccccc4)c4ccccc4)cc1c32. The van der Waals surface area contributed by atoms with E-state index in [4.69, 9.17) is 0 Å². The van der Waals surface area contributed by atoms with E-state index in [2.05, 4.69) is 294 Å². The molecule has 0 spiro atoms. The third kappa shape index (κ3) is 7.46. The standard InChI is InChI=1S/C76H76BN3/c1-47-30-31-49(48-24-18-15-19-25-48)38-64(47)80-65-40-52(72(5,6)7)32-34-61(65)77-62-43-57-58-44-66(62)79(67-41-55(42-68(80)70(67)77)78(53-26-20-16-21-27-53)54-28-22-17-23-29-54)63-35-33-51(71(2,3)4)39-56(63)50-36-59-69(75(12,13)45-73(59,8)9)60(37-50)76(58,14)46-74(57,10)11/h15-44H,45-46H2,1-14H3. The summed E-state index contributed by atoms with van der Waals surface area (Å²) in [5, 5.41) is 0. The lowest BCUT2D eigenvalue weighted by Gasteiger charge is -2.46. The van der Waals surface area contributed by atoms with Crippen molar-refractivity contribution < 1.29 is 0 Å². The molecule has 2 aliphatic carbocycles. The van der Waals surface area contributed by atoms with Crippen molar-refractivity contribution in [3.05, 3.63) is 226 Å². The lowest BCUT2D eigenvalue weighted by Crippen LogP contribution is -2.61. The molecule has 14 rings (SSSR count). The molecule has 80 heavy (non-hydrogen) atoms. The fraction of sp³-hybridized carbons (Fsp3) is 0.289. The Kier molecular flexibility index (Phi) is 10.8. The van der Waals surface area contributed by atoms with Gasteiger partial charge in [0.15, 0.2) is 0 Å². The quantitative estimate of drug-likeness (QED) is 0.159. The molecule has 9 aromatic carbocycles. The molecule has 5 aliphatic rings. The zero-order chi connectivity index (χ0) is 55.8. The van der Waals surface area contributed by atoms with E-state index in [-0.39, 0.29) is 39.2 Å². The Hall–Kier alpha value is -7.56. The molecule has 9 aromatic rings. The summed E-state index contributed by atoms with van der Waals surface area (Å²) in [5.41, 5.74) is 30.7. The molecule has 3 aliphatic heterocycles. The van der Waals surface area contributed by atoms with Crippen molar-refractivity contribution in [2.24, 2.45) is 0 Å². The number of para-hydroxylation sites is 2. The van der Waals surface area contributed by atoms with Gasteiger partial charge in [0, 0.05) is 50.8 Å². The highest BCUT2D eigenvalue weighted by Gasteiger charge is 2.54. The van der Waals surface area contributed by atoms with Gasteiger partial charge in [-0.05, 0) is 197 Å². The molecule has 0 fully saturated rings. The van der Waals surface area contributed by atoms with Crippen molar-refractivity contribution in [3.63, 3.8) is 0 Å². The molecule has 1 atom stereocenters. The Bertz CT molecular complexity index is 4000. The Morgan fingerprint density at radius 2 is 0.963 bits per heavy atom. The summed E-state index contributed by atoms with van der Waals surface area (Å²) >= 11 is 0. The van der Waals surface area contributed by atoms with Gasteiger partial charge in [-0.2, -0.15) is 0 Å². The first-order valence-electron chi connectivity index (χ1n) is 29.5. The van der Waals surface area contributed by atoms with Gasteiger partial charge >= 0.3 is 0 Å². The van der Waals surface area contributed by atoms with Crippen molar-refractivity contribution in [3.8, 4) is 22.3 Å². The number of rotatable bonds is 5. The third-order valence-corrected chi connectivity index (χ3v) is 19.5. The zero-order valence-electron chi connectivity index (χ0n) is 49.7. The number of anilines is 9. The van der Waals surface area contributed by atoms with E-state index in [9.17, 15) is 0 Å². The summed E-state index contributed by atoms with van der Waals surface area (Å²) in [6.07, 6.45) is 2.15. The molecule has 0 N–H and O–H groups in total. The minimum Gasteiger partial charge on any atom is -0.311 e. The molecule has 3 heterocycles. The van der Waals surface area contributed by atoms with Crippen molar-refractivity contribution in [2.75, 3.05) is 14.7 Å². The fourth-order valence-electron chi connectivity index (χ4n) is 15.9. The molecule has 4 heteroatoms.